The number of carbonyl (C=O) groups is 3. The van der Waals surface area contributed by atoms with Gasteiger partial charge in [-0.3, -0.25) is 19.4 Å². The number of hydrogen-bond donors (Lipinski definition) is 5. The van der Waals surface area contributed by atoms with E-state index in [9.17, 15) is 24.6 Å². The fourth-order valence-corrected chi connectivity index (χ4v) is 4.40. The first-order chi connectivity index (χ1) is 16.2. The Kier molecular flexibility index (Phi) is 8.12. The Morgan fingerprint density at radius 1 is 1.00 bits per heavy atom. The van der Waals surface area contributed by atoms with E-state index in [1.807, 2.05) is 47.2 Å². The summed E-state index contributed by atoms with van der Waals surface area (Å²) in [6, 6.07) is 9.54. The van der Waals surface area contributed by atoms with Gasteiger partial charge in [-0.25, -0.2) is 0 Å². The van der Waals surface area contributed by atoms with E-state index >= 15 is 0 Å². The molecule has 0 unspecified atom stereocenters. The summed E-state index contributed by atoms with van der Waals surface area (Å²) in [6.07, 6.45) is 0.135. The zero-order valence-corrected chi connectivity index (χ0v) is 20.1. The largest absolute Gasteiger partial charge is 0.494 e. The van der Waals surface area contributed by atoms with Crippen LogP contribution in [0.5, 0.6) is 11.8 Å². The van der Waals surface area contributed by atoms with Gasteiger partial charge in [0.15, 0.2) is 11.7 Å². The van der Waals surface area contributed by atoms with Crippen molar-refractivity contribution in [3.8, 4) is 11.8 Å². The predicted octanol–water partition coefficient (Wildman–Crippen LogP) is 3.61. The van der Waals surface area contributed by atoms with Crippen molar-refractivity contribution >= 4 is 28.9 Å². The van der Waals surface area contributed by atoms with E-state index in [2.05, 4.69) is 15.6 Å². The Morgan fingerprint density at radius 2 is 1.71 bits per heavy atom. The number of aromatic amines is 1. The van der Waals surface area contributed by atoms with Crippen LogP contribution in [0.15, 0.2) is 47.2 Å². The molecule has 34 heavy (non-hydrogen) atoms. The maximum absolute atomic E-state index is 13.1. The Labute approximate surface area is 202 Å². The van der Waals surface area contributed by atoms with Gasteiger partial charge < -0.3 is 20.8 Å². The van der Waals surface area contributed by atoms with Crippen molar-refractivity contribution in [2.75, 3.05) is 0 Å². The van der Waals surface area contributed by atoms with Crippen LogP contribution in [0.2, 0.25) is 0 Å². The number of amides is 2. The van der Waals surface area contributed by atoms with Crippen molar-refractivity contribution in [3.05, 3.63) is 69.4 Å². The lowest BCUT2D eigenvalue weighted by atomic mass is 9.93. The monoisotopic (exact) mass is 483 g/mol. The van der Waals surface area contributed by atoms with Crippen LogP contribution in [0.3, 0.4) is 0 Å². The van der Waals surface area contributed by atoms with Crippen LogP contribution in [0.1, 0.15) is 53.4 Å². The number of aromatic nitrogens is 1. The summed E-state index contributed by atoms with van der Waals surface area (Å²) < 4.78 is 0. The van der Waals surface area contributed by atoms with Crippen molar-refractivity contribution in [1.82, 2.24) is 15.6 Å². The normalized spacial score (nSPS) is 12.8. The summed E-state index contributed by atoms with van der Waals surface area (Å²) in [5, 5.41) is 29.3. The number of carbonyl (C=O) groups excluding carboxylic acids is 3. The van der Waals surface area contributed by atoms with Crippen LogP contribution in [-0.2, 0) is 16.0 Å². The van der Waals surface area contributed by atoms with Gasteiger partial charge in [0, 0.05) is 5.56 Å². The van der Waals surface area contributed by atoms with Crippen molar-refractivity contribution < 1.29 is 24.6 Å². The molecule has 0 saturated carbocycles. The highest BCUT2D eigenvalue weighted by atomic mass is 32.1. The van der Waals surface area contributed by atoms with Crippen LogP contribution in [0.25, 0.3) is 0 Å². The summed E-state index contributed by atoms with van der Waals surface area (Å²) in [5.41, 5.74) is 1.83. The second-order valence-corrected chi connectivity index (χ2v) is 9.30. The second kappa shape index (κ2) is 11.0. The zero-order valence-electron chi connectivity index (χ0n) is 19.3. The Hall–Kier alpha value is -3.59. The molecule has 9 heteroatoms. The van der Waals surface area contributed by atoms with Gasteiger partial charge in [-0.05, 0) is 40.8 Å². The number of ketones is 1. The molecular weight excluding hydrogens is 454 g/mol. The topological polar surface area (TPSA) is 132 Å². The first-order valence-electron chi connectivity index (χ1n) is 11.0. The van der Waals surface area contributed by atoms with Crippen LogP contribution in [-0.4, -0.2) is 38.8 Å². The molecule has 0 aliphatic heterocycles. The lowest BCUT2D eigenvalue weighted by Gasteiger charge is -2.24. The summed E-state index contributed by atoms with van der Waals surface area (Å²) in [4.78, 5) is 41.1. The number of benzene rings is 1. The smallest absolute Gasteiger partial charge is 0.224 e. The van der Waals surface area contributed by atoms with E-state index in [1.165, 1.54) is 18.3 Å². The molecule has 3 aromatic rings. The molecule has 2 heterocycles. The quantitative estimate of drug-likeness (QED) is 0.281. The number of H-pyrrole nitrogens is 1. The summed E-state index contributed by atoms with van der Waals surface area (Å²) >= 11 is 1.51. The third-order valence-electron chi connectivity index (χ3n) is 5.59. The lowest BCUT2D eigenvalue weighted by molar-refractivity contribution is -0.123. The molecule has 0 bridgehead atoms. The van der Waals surface area contributed by atoms with Gasteiger partial charge >= 0.3 is 0 Å². The van der Waals surface area contributed by atoms with E-state index in [0.29, 0.717) is 0 Å². The molecule has 2 amide bonds. The highest BCUT2D eigenvalue weighted by molar-refractivity contribution is 7.08. The molecule has 3 rings (SSSR count). The minimum Gasteiger partial charge on any atom is -0.494 e. The molecule has 0 saturated heterocycles. The van der Waals surface area contributed by atoms with Crippen LogP contribution in [0, 0.1) is 12.8 Å². The molecule has 0 fully saturated rings. The van der Waals surface area contributed by atoms with Gasteiger partial charge in [0.25, 0.3) is 0 Å². The van der Waals surface area contributed by atoms with E-state index in [4.69, 9.17) is 0 Å². The molecule has 0 radical (unpaired) electrons. The molecule has 2 aromatic heterocycles. The molecule has 0 spiro atoms. The summed E-state index contributed by atoms with van der Waals surface area (Å²) in [5.74, 6) is -2.16. The predicted molar refractivity (Wildman–Crippen MR) is 130 cm³/mol. The standard InChI is InChI=1S/C25H29N3O5S/c1-14(2)22(23(31)21-15(3)24(32)28-25(21)33)27-20(30)12-18(17-7-5-4-6-8-17)26-19(29)11-16-9-10-34-13-16/h4-10,13-14,18,22,28,32-33H,11-12H2,1-3H3,(H,26,29)(H,27,30)/t18-,22+/m0/s1. The van der Waals surface area contributed by atoms with Gasteiger partial charge in [-0.1, -0.05) is 44.2 Å². The van der Waals surface area contributed by atoms with Crippen molar-refractivity contribution in [2.45, 2.75) is 45.7 Å². The van der Waals surface area contributed by atoms with Crippen molar-refractivity contribution in [1.29, 1.82) is 0 Å². The number of hydrogen-bond acceptors (Lipinski definition) is 6. The SMILES string of the molecule is Cc1c(O)[nH]c(O)c1C(=O)[C@H](NC(=O)C[C@H](NC(=O)Cc1ccsc1)c1ccccc1)C(C)C. The first-order valence-corrected chi connectivity index (χ1v) is 11.9. The van der Waals surface area contributed by atoms with E-state index in [1.54, 1.807) is 13.8 Å². The fourth-order valence-electron chi connectivity index (χ4n) is 3.74. The Morgan fingerprint density at radius 3 is 2.26 bits per heavy atom. The molecule has 0 aliphatic rings. The number of thiophene rings is 1. The second-order valence-electron chi connectivity index (χ2n) is 8.52. The zero-order chi connectivity index (χ0) is 24.8. The average molecular weight is 484 g/mol. The highest BCUT2D eigenvalue weighted by Crippen LogP contribution is 2.30. The van der Waals surface area contributed by atoms with Crippen molar-refractivity contribution in [2.24, 2.45) is 5.92 Å². The fraction of sp³-hybridized carbons (Fsp3) is 0.320. The minimum absolute atomic E-state index is 0.0554. The molecule has 2 atom stereocenters. The van der Waals surface area contributed by atoms with Gasteiger partial charge in [-0.2, -0.15) is 11.3 Å². The highest BCUT2D eigenvalue weighted by Gasteiger charge is 2.31. The van der Waals surface area contributed by atoms with E-state index in [0.717, 1.165) is 11.1 Å². The lowest BCUT2D eigenvalue weighted by Crippen LogP contribution is -2.45. The molecule has 180 valence electrons. The Balaban J connectivity index is 1.75. The maximum atomic E-state index is 13.1. The number of rotatable bonds is 10. The molecule has 8 nitrogen and oxygen atoms in total. The van der Waals surface area contributed by atoms with Gasteiger partial charge in [0.1, 0.15) is 0 Å². The molecule has 5 N–H and O–H groups in total. The number of aromatic hydroxyl groups is 2. The van der Waals surface area contributed by atoms with E-state index < -0.39 is 29.7 Å². The number of nitrogens with one attached hydrogen (secondary N) is 3. The van der Waals surface area contributed by atoms with Crippen LogP contribution in [0.4, 0.5) is 0 Å². The minimum atomic E-state index is -0.926. The third-order valence-corrected chi connectivity index (χ3v) is 6.32. The summed E-state index contributed by atoms with van der Waals surface area (Å²) in [6.45, 7) is 5.06. The average Bonchev–Trinajstić information content (AvgIpc) is 3.38. The first kappa shape index (κ1) is 25.0. The molecule has 0 aliphatic carbocycles. The van der Waals surface area contributed by atoms with Crippen LogP contribution >= 0.6 is 11.3 Å². The Bertz CT molecular complexity index is 1140. The molecular formula is C25H29N3O5S. The van der Waals surface area contributed by atoms with Crippen LogP contribution < -0.4 is 10.6 Å². The van der Waals surface area contributed by atoms with Gasteiger partial charge in [0.05, 0.1) is 30.5 Å². The maximum Gasteiger partial charge on any atom is 0.224 e. The van der Waals surface area contributed by atoms with Gasteiger partial charge in [0.2, 0.25) is 17.7 Å². The molecule has 1 aromatic carbocycles. The number of Topliss-reactive ketones (excluding diaryl/α,β-unsaturated/α-hetero) is 1. The van der Waals surface area contributed by atoms with Gasteiger partial charge in [-0.15, -0.1) is 0 Å². The van der Waals surface area contributed by atoms with Crippen molar-refractivity contribution in [3.63, 3.8) is 0 Å². The summed E-state index contributed by atoms with van der Waals surface area (Å²) in [7, 11) is 0. The van der Waals surface area contributed by atoms with E-state index in [-0.39, 0.29) is 41.7 Å². The third kappa shape index (κ3) is 6.05.